The van der Waals surface area contributed by atoms with Crippen molar-refractivity contribution < 1.29 is 53.7 Å². The zero-order valence-corrected chi connectivity index (χ0v) is 41.6. The smallest absolute Gasteiger partial charge is 0.326 e. The van der Waals surface area contributed by atoms with Crippen LogP contribution in [-0.4, -0.2) is 151 Å². The van der Waals surface area contributed by atoms with Gasteiger partial charge in [-0.15, -0.1) is 0 Å². The van der Waals surface area contributed by atoms with Gasteiger partial charge in [0.15, 0.2) is 5.96 Å². The Morgan fingerprint density at radius 1 is 0.781 bits per heavy atom. The molecule has 2 heterocycles. The van der Waals surface area contributed by atoms with E-state index in [1.54, 1.807) is 58.0 Å². The molecule has 1 saturated heterocycles. The first-order valence-electron chi connectivity index (χ1n) is 24.3. The van der Waals surface area contributed by atoms with Crippen LogP contribution in [0.5, 0.6) is 5.75 Å². The fourth-order valence-electron chi connectivity index (χ4n) is 8.14. The van der Waals surface area contributed by atoms with E-state index in [4.69, 9.17) is 16.9 Å². The number of hydrogen-bond acceptors (Lipinski definition) is 13. The highest BCUT2D eigenvalue weighted by Crippen LogP contribution is 2.21. The molecule has 24 nitrogen and oxygen atoms in total. The molecular weight excluding hydrogens is 947 g/mol. The second-order valence-corrected chi connectivity index (χ2v) is 18.5. The molecule has 0 aliphatic carbocycles. The number of nitrogens with two attached hydrogens (primary N) is 2. The molecule has 1 aromatic heterocycles. The Hall–Kier alpha value is -7.60. The number of aliphatic hydroxyl groups excluding tert-OH is 1. The Kier molecular flexibility index (Phi) is 22.6. The average molecular weight is 1020 g/mol. The minimum Gasteiger partial charge on any atom is -0.508 e. The van der Waals surface area contributed by atoms with Gasteiger partial charge >= 0.3 is 5.97 Å². The van der Waals surface area contributed by atoms with Crippen molar-refractivity contribution in [3.8, 4) is 5.75 Å². The molecule has 0 saturated carbocycles. The predicted molar refractivity (Wildman–Crippen MR) is 267 cm³/mol. The minimum atomic E-state index is -1.40. The highest BCUT2D eigenvalue weighted by Gasteiger charge is 2.41. The number of rotatable bonds is 28. The summed E-state index contributed by atoms with van der Waals surface area (Å²) in [6.45, 7) is 6.39. The SMILES string of the molecule is CC[C@H](C)[C@H](NC(=O)[C@H](Cc1ccc(O)cc1)NC(=O)[C@@H](NC(=O)[C@H](CCCNC(=N)N)NC(=O)[C@@H](N)CO)C(C)C)C(=O)N[C@@H](Cc1c[nH]cn1)C(=O)N1CCC[C@H]1C(=O)N[C@@H](Cc1ccccc1)C(=O)O. The van der Waals surface area contributed by atoms with E-state index in [1.165, 1.54) is 41.7 Å². The zero-order chi connectivity index (χ0) is 53.8. The Morgan fingerprint density at radius 3 is 1.99 bits per heavy atom. The standard InChI is InChI=1S/C49H71N13O11/c1-5-28(4)40(46(70)58-36(23-31-24-53-26-55-31)47(71)62-20-10-14-38(62)44(68)59-37(48(72)73)22-29-11-7-6-8-12-29)61-43(67)35(21-30-15-17-32(64)18-16-30)57-45(69)39(27(2)3)60-42(66)34(13-9-19-54-49(51)52)56-41(65)33(50)25-63/h6-8,11-12,15-18,24,26-28,33-40,63-64H,5,9-10,13-14,19-23,25,50H2,1-4H3,(H,53,55)(H,56,65)(H,57,69)(H,58,70)(H,59,68)(H,60,66)(H,61,67)(H,72,73)(H4,51,52,54)/t28-,33-,34-,35-,36-,37-,38-,39-,40-/m0/s1. The number of aliphatic carboxylic acids is 1. The number of benzene rings is 2. The Bertz CT molecular complexity index is 2340. The summed E-state index contributed by atoms with van der Waals surface area (Å²) in [5, 5.41) is 55.5. The number of phenols is 1. The molecule has 2 aromatic carbocycles. The monoisotopic (exact) mass is 1020 g/mol. The number of hydrogen-bond donors (Lipinski definition) is 14. The maximum atomic E-state index is 14.5. The highest BCUT2D eigenvalue weighted by atomic mass is 16.4. The summed E-state index contributed by atoms with van der Waals surface area (Å²) in [6, 6.07) is 4.39. The van der Waals surface area contributed by atoms with Crippen molar-refractivity contribution >= 4 is 53.3 Å². The average Bonchev–Trinajstić information content (AvgIpc) is 4.08. The van der Waals surface area contributed by atoms with Gasteiger partial charge in [-0.25, -0.2) is 9.78 Å². The van der Waals surface area contributed by atoms with Gasteiger partial charge in [-0.05, 0) is 60.8 Å². The van der Waals surface area contributed by atoms with Gasteiger partial charge < -0.3 is 73.9 Å². The number of aromatic hydroxyl groups is 1. The quantitative estimate of drug-likeness (QED) is 0.0222. The van der Waals surface area contributed by atoms with Gasteiger partial charge in [0.25, 0.3) is 0 Å². The summed E-state index contributed by atoms with van der Waals surface area (Å²) in [5.41, 5.74) is 12.6. The lowest BCUT2D eigenvalue weighted by molar-refractivity contribution is -0.145. The van der Waals surface area contributed by atoms with Crippen LogP contribution in [0.2, 0.25) is 0 Å². The van der Waals surface area contributed by atoms with E-state index >= 15 is 0 Å². The molecule has 1 aliphatic rings. The number of nitrogens with one attached hydrogen (secondary N) is 9. The van der Waals surface area contributed by atoms with Crippen LogP contribution in [0.15, 0.2) is 67.1 Å². The molecule has 7 amide bonds. The van der Waals surface area contributed by atoms with Gasteiger partial charge in [0.05, 0.1) is 18.6 Å². The maximum Gasteiger partial charge on any atom is 0.326 e. The van der Waals surface area contributed by atoms with Crippen molar-refractivity contribution in [2.24, 2.45) is 23.3 Å². The predicted octanol–water partition coefficient (Wildman–Crippen LogP) is -1.59. The lowest BCUT2D eigenvalue weighted by atomic mass is 9.96. The molecule has 0 spiro atoms. The number of amides is 7. The Balaban J connectivity index is 1.58. The molecule has 73 heavy (non-hydrogen) atoms. The van der Waals surface area contributed by atoms with Crippen LogP contribution in [0.3, 0.4) is 0 Å². The molecule has 3 aromatic rings. The van der Waals surface area contributed by atoms with Crippen LogP contribution in [-0.2, 0) is 57.6 Å². The molecule has 16 N–H and O–H groups in total. The molecule has 0 unspecified atom stereocenters. The summed E-state index contributed by atoms with van der Waals surface area (Å²) in [5.74, 6) is -8.06. The fourth-order valence-corrected chi connectivity index (χ4v) is 8.14. The van der Waals surface area contributed by atoms with E-state index in [2.05, 4.69) is 47.2 Å². The van der Waals surface area contributed by atoms with Crippen LogP contribution in [0.1, 0.15) is 76.6 Å². The number of carbonyl (C=O) groups excluding carboxylic acids is 7. The first kappa shape index (κ1) is 58.0. The Labute approximate surface area is 423 Å². The summed E-state index contributed by atoms with van der Waals surface area (Å²) in [6.07, 6.45) is 3.92. The number of carboxylic acids is 1. The van der Waals surface area contributed by atoms with Crippen LogP contribution < -0.4 is 48.7 Å². The molecule has 24 heteroatoms. The van der Waals surface area contributed by atoms with Crippen LogP contribution in [0, 0.1) is 17.2 Å². The van der Waals surface area contributed by atoms with Gasteiger partial charge in [-0.3, -0.25) is 39.0 Å². The van der Waals surface area contributed by atoms with Gasteiger partial charge in [0.2, 0.25) is 41.4 Å². The van der Waals surface area contributed by atoms with Crippen molar-refractivity contribution in [3.63, 3.8) is 0 Å². The van der Waals surface area contributed by atoms with E-state index in [-0.39, 0.29) is 63.3 Å². The highest BCUT2D eigenvalue weighted by molar-refractivity contribution is 5.98. The topological polar surface area (TPSA) is 389 Å². The number of carboxylic acid groups (broad SMARTS) is 1. The van der Waals surface area contributed by atoms with Crippen molar-refractivity contribution in [2.75, 3.05) is 19.7 Å². The fraction of sp³-hybridized carbons (Fsp3) is 0.510. The van der Waals surface area contributed by atoms with Crippen LogP contribution in [0.4, 0.5) is 0 Å². The molecule has 1 fully saturated rings. The van der Waals surface area contributed by atoms with E-state index < -0.39 is 114 Å². The first-order valence-corrected chi connectivity index (χ1v) is 24.3. The number of H-pyrrole nitrogens is 1. The molecule has 4 rings (SSSR count). The van der Waals surface area contributed by atoms with Gasteiger partial charge in [-0.2, -0.15) is 0 Å². The van der Waals surface area contributed by atoms with Crippen LogP contribution >= 0.6 is 0 Å². The van der Waals surface area contributed by atoms with E-state index in [9.17, 15) is 53.7 Å². The van der Waals surface area contributed by atoms with Gasteiger partial charge in [0, 0.05) is 38.5 Å². The van der Waals surface area contributed by atoms with E-state index in [0.29, 0.717) is 29.7 Å². The second kappa shape index (κ2) is 28.4. The number of phenolic OH excluding ortho intramolecular Hbond substituents is 1. The largest absolute Gasteiger partial charge is 0.508 e. The molecule has 0 bridgehead atoms. The summed E-state index contributed by atoms with van der Waals surface area (Å²) < 4.78 is 0. The summed E-state index contributed by atoms with van der Waals surface area (Å²) in [7, 11) is 0. The lowest BCUT2D eigenvalue weighted by Gasteiger charge is -2.32. The normalized spacial score (nSPS) is 16.5. The zero-order valence-electron chi connectivity index (χ0n) is 41.6. The third-order valence-electron chi connectivity index (χ3n) is 12.5. The van der Waals surface area contributed by atoms with Crippen molar-refractivity contribution in [3.05, 3.63) is 83.9 Å². The van der Waals surface area contributed by atoms with E-state index in [0.717, 1.165) is 0 Å². The third-order valence-corrected chi connectivity index (χ3v) is 12.5. The molecule has 0 radical (unpaired) electrons. The molecule has 9 atom stereocenters. The number of aliphatic hydroxyl groups is 1. The number of likely N-dealkylation sites (tertiary alicyclic amines) is 1. The van der Waals surface area contributed by atoms with Gasteiger partial charge in [0.1, 0.15) is 54.1 Å². The minimum absolute atomic E-state index is 0.00448. The number of carbonyl (C=O) groups is 8. The van der Waals surface area contributed by atoms with Gasteiger partial charge in [-0.1, -0.05) is 76.6 Å². The molecular formula is C49H71N13O11. The maximum absolute atomic E-state index is 14.5. The van der Waals surface area contributed by atoms with E-state index in [1.807, 2.05) is 0 Å². The molecule has 1 aliphatic heterocycles. The lowest BCUT2D eigenvalue weighted by Crippen LogP contribution is -2.62. The number of aromatic nitrogens is 2. The second-order valence-electron chi connectivity index (χ2n) is 18.5. The number of guanidine groups is 1. The number of aromatic amines is 1. The Morgan fingerprint density at radius 2 is 1.38 bits per heavy atom. The van der Waals surface area contributed by atoms with Crippen molar-refractivity contribution in [1.82, 2.24) is 52.1 Å². The number of imidazole rings is 1. The summed E-state index contributed by atoms with van der Waals surface area (Å²) in [4.78, 5) is 119. The third kappa shape index (κ3) is 17.9. The number of nitrogens with zero attached hydrogens (tertiary/aromatic N) is 2. The molecule has 398 valence electrons. The van der Waals surface area contributed by atoms with Crippen molar-refractivity contribution in [1.29, 1.82) is 5.41 Å². The first-order chi connectivity index (χ1) is 34.7. The summed E-state index contributed by atoms with van der Waals surface area (Å²) >= 11 is 0. The van der Waals surface area contributed by atoms with Crippen LogP contribution in [0.25, 0.3) is 0 Å². The van der Waals surface area contributed by atoms with Crippen molar-refractivity contribution in [2.45, 2.75) is 127 Å².